The number of halogens is 1. The molecule has 0 aromatic heterocycles. The van der Waals surface area contributed by atoms with Crippen molar-refractivity contribution in [1.29, 1.82) is 0 Å². The molecule has 1 saturated heterocycles. The fraction of sp³-hybridized carbons (Fsp3) is 0.417. The van der Waals surface area contributed by atoms with E-state index in [1.165, 1.54) is 0 Å². The molecule has 3 N–H and O–H groups in total. The van der Waals surface area contributed by atoms with Crippen LogP contribution in [0.25, 0.3) is 0 Å². The van der Waals surface area contributed by atoms with Gasteiger partial charge in [-0.1, -0.05) is 15.9 Å². The van der Waals surface area contributed by atoms with E-state index < -0.39 is 12.0 Å². The van der Waals surface area contributed by atoms with Crippen molar-refractivity contribution in [2.75, 3.05) is 31.2 Å². The van der Waals surface area contributed by atoms with Gasteiger partial charge in [0, 0.05) is 28.8 Å². The molecule has 5 nitrogen and oxygen atoms in total. The van der Waals surface area contributed by atoms with Gasteiger partial charge in [-0.3, -0.25) is 4.79 Å². The van der Waals surface area contributed by atoms with Gasteiger partial charge >= 0.3 is 5.97 Å². The highest BCUT2D eigenvalue weighted by atomic mass is 79.9. The molecule has 1 atom stereocenters. The molecule has 6 heteroatoms. The topological polar surface area (TPSA) is 75.8 Å². The van der Waals surface area contributed by atoms with E-state index in [1.807, 2.05) is 12.1 Å². The Bertz CT molecular complexity index is 447. The third-order valence-electron chi connectivity index (χ3n) is 2.94. The van der Waals surface area contributed by atoms with Gasteiger partial charge < -0.3 is 20.5 Å². The van der Waals surface area contributed by atoms with Crippen molar-refractivity contribution in [3.05, 3.63) is 28.2 Å². The Labute approximate surface area is 114 Å². The lowest BCUT2D eigenvalue weighted by Gasteiger charge is -2.31. The van der Waals surface area contributed by atoms with E-state index in [9.17, 15) is 4.79 Å². The third-order valence-corrected chi connectivity index (χ3v) is 3.44. The average molecular weight is 315 g/mol. The lowest BCUT2D eigenvalue weighted by atomic mass is 10.0. The molecule has 1 heterocycles. The lowest BCUT2D eigenvalue weighted by Crippen LogP contribution is -2.37. The summed E-state index contributed by atoms with van der Waals surface area (Å²) in [5, 5.41) is 9.07. The number of carboxylic acid groups (broad SMARTS) is 1. The van der Waals surface area contributed by atoms with E-state index in [0.717, 1.165) is 23.2 Å². The Morgan fingerprint density at radius 2 is 2.11 bits per heavy atom. The standard InChI is InChI=1S/C12H15BrN2O3/c13-8-1-2-10(15-3-5-18-6-4-15)9(7-8)11(14)12(16)17/h1-2,7,11H,3-6,14H2,(H,16,17). The molecule has 98 valence electrons. The summed E-state index contributed by atoms with van der Waals surface area (Å²) < 4.78 is 6.12. The second-order valence-corrected chi connectivity index (χ2v) is 5.03. The zero-order valence-electron chi connectivity index (χ0n) is 9.80. The molecule has 1 aromatic rings. The van der Waals surface area contributed by atoms with E-state index in [-0.39, 0.29) is 0 Å². The van der Waals surface area contributed by atoms with Crippen molar-refractivity contribution in [2.45, 2.75) is 6.04 Å². The number of hydrogen-bond acceptors (Lipinski definition) is 4. The summed E-state index contributed by atoms with van der Waals surface area (Å²) in [5.41, 5.74) is 7.23. The Balaban J connectivity index is 2.36. The largest absolute Gasteiger partial charge is 0.480 e. The first-order chi connectivity index (χ1) is 8.59. The number of hydrogen-bond donors (Lipinski definition) is 2. The minimum absolute atomic E-state index is 0.624. The van der Waals surface area contributed by atoms with Crippen LogP contribution in [-0.4, -0.2) is 37.4 Å². The van der Waals surface area contributed by atoms with Gasteiger partial charge in [0.25, 0.3) is 0 Å². The second-order valence-electron chi connectivity index (χ2n) is 4.12. The van der Waals surface area contributed by atoms with Crippen LogP contribution in [0.3, 0.4) is 0 Å². The maximum absolute atomic E-state index is 11.1. The zero-order valence-corrected chi connectivity index (χ0v) is 11.4. The van der Waals surface area contributed by atoms with Gasteiger partial charge in [-0.2, -0.15) is 0 Å². The highest BCUT2D eigenvalue weighted by molar-refractivity contribution is 9.10. The van der Waals surface area contributed by atoms with Crippen molar-refractivity contribution in [3.8, 4) is 0 Å². The van der Waals surface area contributed by atoms with Crippen LogP contribution in [0.5, 0.6) is 0 Å². The maximum atomic E-state index is 11.1. The number of anilines is 1. The minimum atomic E-state index is -1.03. The molecule has 0 amide bonds. The van der Waals surface area contributed by atoms with Gasteiger partial charge in [-0.15, -0.1) is 0 Å². The van der Waals surface area contributed by atoms with Gasteiger partial charge in [-0.25, -0.2) is 0 Å². The molecular formula is C12H15BrN2O3. The maximum Gasteiger partial charge on any atom is 0.325 e. The summed E-state index contributed by atoms with van der Waals surface area (Å²) in [4.78, 5) is 13.2. The molecule has 0 bridgehead atoms. The van der Waals surface area contributed by atoms with E-state index in [1.54, 1.807) is 6.07 Å². The van der Waals surface area contributed by atoms with Crippen LogP contribution < -0.4 is 10.6 Å². The van der Waals surface area contributed by atoms with E-state index in [2.05, 4.69) is 20.8 Å². The van der Waals surface area contributed by atoms with Crippen LogP contribution >= 0.6 is 15.9 Å². The highest BCUT2D eigenvalue weighted by Crippen LogP contribution is 2.29. The zero-order chi connectivity index (χ0) is 13.1. The van der Waals surface area contributed by atoms with E-state index in [4.69, 9.17) is 15.6 Å². The summed E-state index contributed by atoms with van der Waals surface area (Å²) in [6.45, 7) is 2.80. The molecule has 1 fully saturated rings. The number of morpholine rings is 1. The van der Waals surface area contributed by atoms with Crippen LogP contribution in [0.1, 0.15) is 11.6 Å². The van der Waals surface area contributed by atoms with Gasteiger partial charge in [0.15, 0.2) is 0 Å². The smallest absolute Gasteiger partial charge is 0.325 e. The van der Waals surface area contributed by atoms with Gasteiger partial charge in [-0.05, 0) is 18.2 Å². The van der Waals surface area contributed by atoms with Crippen LogP contribution in [0.15, 0.2) is 22.7 Å². The molecule has 1 aliphatic heterocycles. The average Bonchev–Trinajstić information content (AvgIpc) is 2.38. The Morgan fingerprint density at radius 3 is 2.72 bits per heavy atom. The first kappa shape index (κ1) is 13.3. The van der Waals surface area contributed by atoms with Crippen molar-refractivity contribution in [1.82, 2.24) is 0 Å². The summed E-state index contributed by atoms with van der Waals surface area (Å²) in [6.07, 6.45) is 0. The van der Waals surface area contributed by atoms with Crippen molar-refractivity contribution in [3.63, 3.8) is 0 Å². The molecule has 0 saturated carbocycles. The van der Waals surface area contributed by atoms with Crippen LogP contribution in [0.2, 0.25) is 0 Å². The molecule has 18 heavy (non-hydrogen) atoms. The summed E-state index contributed by atoms with van der Waals surface area (Å²) in [6, 6.07) is 4.54. The SMILES string of the molecule is NC(C(=O)O)c1cc(Br)ccc1N1CCOCC1. The third kappa shape index (κ3) is 2.82. The molecule has 0 aliphatic carbocycles. The quantitative estimate of drug-likeness (QED) is 0.881. The monoisotopic (exact) mass is 314 g/mol. The van der Waals surface area contributed by atoms with Crippen LogP contribution in [-0.2, 0) is 9.53 Å². The summed E-state index contributed by atoms with van der Waals surface area (Å²) >= 11 is 3.35. The van der Waals surface area contributed by atoms with Crippen molar-refractivity contribution < 1.29 is 14.6 Å². The van der Waals surface area contributed by atoms with Crippen molar-refractivity contribution >= 4 is 27.6 Å². The number of rotatable bonds is 3. The Morgan fingerprint density at radius 1 is 1.44 bits per heavy atom. The summed E-state index contributed by atoms with van der Waals surface area (Å²) in [7, 11) is 0. The predicted molar refractivity (Wildman–Crippen MR) is 71.7 cm³/mol. The van der Waals surface area contributed by atoms with Crippen molar-refractivity contribution in [2.24, 2.45) is 5.73 Å². The molecule has 2 rings (SSSR count). The Kier molecular flexibility index (Phi) is 4.21. The Hall–Kier alpha value is -1.11. The first-order valence-corrected chi connectivity index (χ1v) is 6.49. The van der Waals surface area contributed by atoms with Gasteiger partial charge in [0.2, 0.25) is 0 Å². The number of benzene rings is 1. The van der Waals surface area contributed by atoms with Gasteiger partial charge in [0.05, 0.1) is 13.2 Å². The molecule has 1 unspecified atom stereocenters. The number of nitrogens with two attached hydrogens (primary N) is 1. The van der Waals surface area contributed by atoms with E-state index in [0.29, 0.717) is 18.8 Å². The number of carboxylic acids is 1. The lowest BCUT2D eigenvalue weighted by molar-refractivity contribution is -0.138. The fourth-order valence-electron chi connectivity index (χ4n) is 2.00. The summed E-state index contributed by atoms with van der Waals surface area (Å²) in [5.74, 6) is -1.03. The first-order valence-electron chi connectivity index (χ1n) is 5.70. The molecule has 0 spiro atoms. The fourth-order valence-corrected chi connectivity index (χ4v) is 2.38. The highest BCUT2D eigenvalue weighted by Gasteiger charge is 2.22. The number of nitrogens with zero attached hydrogens (tertiary/aromatic N) is 1. The number of carbonyl (C=O) groups is 1. The minimum Gasteiger partial charge on any atom is -0.480 e. The number of aliphatic carboxylic acids is 1. The molecule has 1 aromatic carbocycles. The normalized spacial score (nSPS) is 17.6. The van der Waals surface area contributed by atoms with Crippen LogP contribution in [0.4, 0.5) is 5.69 Å². The number of ether oxygens (including phenoxy) is 1. The van der Waals surface area contributed by atoms with Gasteiger partial charge in [0.1, 0.15) is 6.04 Å². The second kappa shape index (κ2) is 5.69. The molecule has 0 radical (unpaired) electrons. The molecular weight excluding hydrogens is 300 g/mol. The predicted octanol–water partition coefficient (Wildman–Crippen LogP) is 1.37. The van der Waals surface area contributed by atoms with E-state index >= 15 is 0 Å². The van der Waals surface area contributed by atoms with Crippen LogP contribution in [0, 0.1) is 0 Å². The molecule has 1 aliphatic rings.